The molecule has 0 radical (unpaired) electrons. The largest absolute Gasteiger partial charge is 0.303 e. The van der Waals surface area contributed by atoms with Crippen LogP contribution >= 0.6 is 0 Å². The van der Waals surface area contributed by atoms with Gasteiger partial charge in [-0.3, -0.25) is 4.79 Å². The fourth-order valence-corrected chi connectivity index (χ4v) is 1.89. The third-order valence-electron chi connectivity index (χ3n) is 2.95. The number of hydrogen-bond donors (Lipinski definition) is 0. The number of carbonyl (C=O) groups is 1. The van der Waals surface area contributed by atoms with Crippen molar-refractivity contribution in [3.63, 3.8) is 0 Å². The minimum atomic E-state index is 0.218. The lowest BCUT2D eigenvalue weighted by atomic mass is 9.96. The van der Waals surface area contributed by atoms with Gasteiger partial charge in [0.2, 0.25) is 0 Å². The zero-order valence-corrected chi connectivity index (χ0v) is 9.05. The summed E-state index contributed by atoms with van der Waals surface area (Å²) in [5.74, 6) is 1.29. The van der Waals surface area contributed by atoms with Crippen LogP contribution in [0.15, 0.2) is 0 Å². The number of likely N-dealkylation sites (tertiary alicyclic amines) is 1. The smallest absolute Gasteiger partial charge is 0.135 e. The summed E-state index contributed by atoms with van der Waals surface area (Å²) in [4.78, 5) is 13.9. The second-order valence-electron chi connectivity index (χ2n) is 4.37. The summed E-state index contributed by atoms with van der Waals surface area (Å²) in [5.41, 5.74) is 0. The van der Waals surface area contributed by atoms with Crippen molar-refractivity contribution in [1.29, 1.82) is 0 Å². The summed E-state index contributed by atoms with van der Waals surface area (Å²) in [6, 6.07) is 0. The molecule has 1 aliphatic heterocycles. The Labute approximate surface area is 81.3 Å². The first kappa shape index (κ1) is 10.7. The number of nitrogens with zero attached hydrogens (tertiary/aromatic N) is 1. The Kier molecular flexibility index (Phi) is 3.91. The van der Waals surface area contributed by atoms with E-state index >= 15 is 0 Å². The molecular weight excluding hydrogens is 162 g/mol. The van der Waals surface area contributed by atoms with E-state index in [0.29, 0.717) is 11.7 Å². The summed E-state index contributed by atoms with van der Waals surface area (Å²) in [5, 5.41) is 0. The highest BCUT2D eigenvalue weighted by molar-refractivity contribution is 5.80. The van der Waals surface area contributed by atoms with Gasteiger partial charge in [-0.05, 0) is 25.4 Å². The zero-order valence-electron chi connectivity index (χ0n) is 9.05. The topological polar surface area (TPSA) is 20.3 Å². The second-order valence-corrected chi connectivity index (χ2v) is 4.37. The van der Waals surface area contributed by atoms with E-state index in [0.717, 1.165) is 19.5 Å². The maximum absolute atomic E-state index is 11.5. The molecule has 0 unspecified atom stereocenters. The molecule has 13 heavy (non-hydrogen) atoms. The molecule has 1 fully saturated rings. The van der Waals surface area contributed by atoms with Gasteiger partial charge in [-0.2, -0.15) is 0 Å². The first-order valence-electron chi connectivity index (χ1n) is 5.38. The number of Topliss-reactive ketones (excluding diaryl/α,β-unsaturated/α-hetero) is 1. The maximum Gasteiger partial charge on any atom is 0.135 e. The number of carbonyl (C=O) groups excluding carboxylic acids is 1. The molecule has 1 atom stereocenters. The highest BCUT2D eigenvalue weighted by Crippen LogP contribution is 2.20. The van der Waals surface area contributed by atoms with Crippen molar-refractivity contribution in [3.8, 4) is 0 Å². The van der Waals surface area contributed by atoms with E-state index in [1.54, 1.807) is 0 Å². The van der Waals surface area contributed by atoms with E-state index < -0.39 is 0 Å². The third kappa shape index (κ3) is 3.11. The van der Waals surface area contributed by atoms with Crippen LogP contribution in [0.25, 0.3) is 0 Å². The molecule has 0 spiro atoms. The molecular formula is C11H21NO. The number of ketones is 1. The van der Waals surface area contributed by atoms with Crippen molar-refractivity contribution < 1.29 is 4.79 Å². The van der Waals surface area contributed by atoms with Gasteiger partial charge in [-0.15, -0.1) is 0 Å². The van der Waals surface area contributed by atoms with Gasteiger partial charge in [-0.25, -0.2) is 0 Å². The molecule has 0 N–H and O–H groups in total. The van der Waals surface area contributed by atoms with E-state index in [2.05, 4.69) is 11.8 Å². The molecule has 1 aliphatic rings. The predicted molar refractivity (Wildman–Crippen MR) is 54.7 cm³/mol. The molecule has 1 heterocycles. The number of hydrogen-bond acceptors (Lipinski definition) is 2. The highest BCUT2D eigenvalue weighted by Gasteiger charge is 2.23. The maximum atomic E-state index is 11.5. The minimum Gasteiger partial charge on any atom is -0.303 e. The van der Waals surface area contributed by atoms with Crippen LogP contribution in [-0.2, 0) is 4.79 Å². The summed E-state index contributed by atoms with van der Waals surface area (Å²) in [6.45, 7) is 9.63. The highest BCUT2D eigenvalue weighted by atomic mass is 16.1. The van der Waals surface area contributed by atoms with Gasteiger partial charge >= 0.3 is 0 Å². The fourth-order valence-electron chi connectivity index (χ4n) is 1.89. The van der Waals surface area contributed by atoms with Gasteiger partial charge in [0.05, 0.1) is 0 Å². The lowest BCUT2D eigenvalue weighted by molar-refractivity contribution is -0.122. The van der Waals surface area contributed by atoms with E-state index in [1.165, 1.54) is 13.0 Å². The quantitative estimate of drug-likeness (QED) is 0.664. The normalized spacial score (nSPS) is 24.2. The van der Waals surface area contributed by atoms with Crippen LogP contribution in [-0.4, -0.2) is 30.3 Å². The third-order valence-corrected chi connectivity index (χ3v) is 2.95. The first-order valence-corrected chi connectivity index (χ1v) is 5.38. The molecule has 0 aromatic carbocycles. The first-order chi connectivity index (χ1) is 6.13. The Balaban J connectivity index is 2.28. The van der Waals surface area contributed by atoms with Crippen LogP contribution < -0.4 is 0 Å². The number of rotatable bonds is 4. The van der Waals surface area contributed by atoms with E-state index in [-0.39, 0.29) is 5.92 Å². The summed E-state index contributed by atoms with van der Waals surface area (Å²) < 4.78 is 0. The molecule has 2 nitrogen and oxygen atoms in total. The average Bonchev–Trinajstić information content (AvgIpc) is 2.52. The molecule has 76 valence electrons. The molecule has 0 amide bonds. The molecule has 1 saturated heterocycles. The SMILES string of the molecule is CCN1CC[C@H](CC(=O)C(C)C)C1. The van der Waals surface area contributed by atoms with Gasteiger partial charge in [0.25, 0.3) is 0 Å². The van der Waals surface area contributed by atoms with Crippen molar-refractivity contribution in [2.75, 3.05) is 19.6 Å². The van der Waals surface area contributed by atoms with Gasteiger partial charge in [0.15, 0.2) is 0 Å². The molecule has 0 bridgehead atoms. The lowest BCUT2D eigenvalue weighted by Crippen LogP contribution is -2.21. The van der Waals surface area contributed by atoms with Crippen LogP contribution in [0.4, 0.5) is 0 Å². The molecule has 0 aromatic heterocycles. The summed E-state index contributed by atoms with van der Waals surface area (Å²) in [6.07, 6.45) is 2.01. The van der Waals surface area contributed by atoms with Crippen molar-refractivity contribution in [3.05, 3.63) is 0 Å². The van der Waals surface area contributed by atoms with Gasteiger partial charge < -0.3 is 4.90 Å². The molecule has 2 heteroatoms. The van der Waals surface area contributed by atoms with E-state index in [1.807, 2.05) is 13.8 Å². The average molecular weight is 183 g/mol. The lowest BCUT2D eigenvalue weighted by Gasteiger charge is -2.13. The Morgan fingerprint density at radius 3 is 2.69 bits per heavy atom. The van der Waals surface area contributed by atoms with E-state index in [4.69, 9.17) is 0 Å². The van der Waals surface area contributed by atoms with Crippen LogP contribution in [0.1, 0.15) is 33.6 Å². The van der Waals surface area contributed by atoms with Crippen molar-refractivity contribution in [2.24, 2.45) is 11.8 Å². The van der Waals surface area contributed by atoms with E-state index in [9.17, 15) is 4.79 Å². The Hall–Kier alpha value is -0.370. The molecule has 0 aromatic rings. The monoisotopic (exact) mass is 183 g/mol. The summed E-state index contributed by atoms with van der Waals surface area (Å²) >= 11 is 0. The van der Waals surface area contributed by atoms with Crippen LogP contribution in [0, 0.1) is 11.8 Å². The Morgan fingerprint density at radius 1 is 1.54 bits per heavy atom. The fraction of sp³-hybridized carbons (Fsp3) is 0.909. The Morgan fingerprint density at radius 2 is 2.23 bits per heavy atom. The van der Waals surface area contributed by atoms with Gasteiger partial charge in [0.1, 0.15) is 5.78 Å². The van der Waals surface area contributed by atoms with Crippen molar-refractivity contribution >= 4 is 5.78 Å². The van der Waals surface area contributed by atoms with Crippen molar-refractivity contribution in [1.82, 2.24) is 4.90 Å². The van der Waals surface area contributed by atoms with Crippen LogP contribution in [0.5, 0.6) is 0 Å². The Bertz CT molecular complexity index is 177. The van der Waals surface area contributed by atoms with Crippen molar-refractivity contribution in [2.45, 2.75) is 33.6 Å². The summed E-state index contributed by atoms with van der Waals surface area (Å²) in [7, 11) is 0. The predicted octanol–water partition coefficient (Wildman–Crippen LogP) is 1.94. The zero-order chi connectivity index (χ0) is 9.84. The van der Waals surface area contributed by atoms with Crippen LogP contribution in [0.2, 0.25) is 0 Å². The molecule has 1 rings (SSSR count). The molecule has 0 aliphatic carbocycles. The minimum absolute atomic E-state index is 0.218. The standard InChI is InChI=1S/C11H21NO/c1-4-12-6-5-10(8-12)7-11(13)9(2)3/h9-10H,4-8H2,1-3H3/t10-/m1/s1. The second kappa shape index (κ2) is 4.75. The van der Waals surface area contributed by atoms with Crippen LogP contribution in [0.3, 0.4) is 0 Å². The molecule has 0 saturated carbocycles. The van der Waals surface area contributed by atoms with Gasteiger partial charge in [-0.1, -0.05) is 20.8 Å². The van der Waals surface area contributed by atoms with Gasteiger partial charge in [0, 0.05) is 18.9 Å².